The van der Waals surface area contributed by atoms with Gasteiger partial charge in [0, 0.05) is 11.6 Å². The van der Waals surface area contributed by atoms with Gasteiger partial charge in [0.1, 0.15) is 0 Å². The van der Waals surface area contributed by atoms with Crippen molar-refractivity contribution in [1.82, 2.24) is 9.80 Å². The van der Waals surface area contributed by atoms with Crippen LogP contribution in [-0.2, 0) is 0 Å². The lowest BCUT2D eigenvalue weighted by Gasteiger charge is -2.41. The summed E-state index contributed by atoms with van der Waals surface area (Å²) < 4.78 is 0. The van der Waals surface area contributed by atoms with E-state index in [0.717, 1.165) is 38.9 Å². The number of aliphatic hydroxyl groups is 1. The number of hydrogen-bond acceptors (Lipinski definition) is 4. The highest BCUT2D eigenvalue weighted by Crippen LogP contribution is 2.29. The van der Waals surface area contributed by atoms with E-state index in [-0.39, 0.29) is 12.1 Å². The molecule has 18 heavy (non-hydrogen) atoms. The van der Waals surface area contributed by atoms with E-state index in [9.17, 15) is 5.11 Å². The maximum absolute atomic E-state index is 9.42. The van der Waals surface area contributed by atoms with Crippen LogP contribution in [0.2, 0.25) is 0 Å². The van der Waals surface area contributed by atoms with Crippen molar-refractivity contribution in [3.63, 3.8) is 0 Å². The second kappa shape index (κ2) is 7.43. The first-order valence-electron chi connectivity index (χ1n) is 7.29. The van der Waals surface area contributed by atoms with Gasteiger partial charge < -0.3 is 20.6 Å². The van der Waals surface area contributed by atoms with Crippen LogP contribution >= 0.6 is 0 Å². The molecule has 0 amide bonds. The molecule has 4 heteroatoms. The van der Waals surface area contributed by atoms with Crippen LogP contribution in [-0.4, -0.2) is 66.8 Å². The van der Waals surface area contributed by atoms with Crippen molar-refractivity contribution in [1.29, 1.82) is 0 Å². The molecule has 0 aliphatic heterocycles. The second-order valence-electron chi connectivity index (χ2n) is 6.06. The third-order valence-corrected chi connectivity index (χ3v) is 4.14. The van der Waals surface area contributed by atoms with Crippen molar-refractivity contribution >= 4 is 0 Å². The average molecular weight is 257 g/mol. The van der Waals surface area contributed by atoms with Crippen molar-refractivity contribution in [3.8, 4) is 0 Å². The number of nitrogens with zero attached hydrogens (tertiary/aromatic N) is 2. The Morgan fingerprint density at radius 3 is 2.61 bits per heavy atom. The van der Waals surface area contributed by atoms with Crippen molar-refractivity contribution in [3.05, 3.63) is 0 Å². The summed E-state index contributed by atoms with van der Waals surface area (Å²) in [5.41, 5.74) is 5.90. The molecule has 0 saturated heterocycles. The highest BCUT2D eigenvalue weighted by molar-refractivity contribution is 4.93. The minimum absolute atomic E-state index is 0.124. The van der Waals surface area contributed by atoms with Gasteiger partial charge in [0.05, 0.1) is 6.61 Å². The lowest BCUT2D eigenvalue weighted by molar-refractivity contribution is 0.0820. The van der Waals surface area contributed by atoms with Gasteiger partial charge in [-0.05, 0) is 65.8 Å². The fourth-order valence-electron chi connectivity index (χ4n) is 3.01. The molecular formula is C14H31N3O. The first kappa shape index (κ1) is 15.9. The van der Waals surface area contributed by atoms with Crippen LogP contribution in [0.15, 0.2) is 0 Å². The van der Waals surface area contributed by atoms with Crippen LogP contribution in [0.4, 0.5) is 0 Å². The van der Waals surface area contributed by atoms with Gasteiger partial charge in [0.25, 0.3) is 0 Å². The summed E-state index contributed by atoms with van der Waals surface area (Å²) in [6.45, 7) is 5.71. The van der Waals surface area contributed by atoms with Crippen molar-refractivity contribution in [2.45, 2.75) is 50.6 Å². The molecule has 0 aromatic heterocycles. The molecule has 1 fully saturated rings. The number of nitrogens with two attached hydrogens (primary N) is 1. The van der Waals surface area contributed by atoms with E-state index in [4.69, 9.17) is 5.73 Å². The van der Waals surface area contributed by atoms with Crippen LogP contribution in [0, 0.1) is 0 Å². The number of rotatable bonds is 7. The zero-order valence-electron chi connectivity index (χ0n) is 12.4. The van der Waals surface area contributed by atoms with Crippen molar-refractivity contribution in [2.75, 3.05) is 40.3 Å². The second-order valence-corrected chi connectivity index (χ2v) is 6.06. The molecule has 0 spiro atoms. The van der Waals surface area contributed by atoms with Gasteiger partial charge >= 0.3 is 0 Å². The van der Waals surface area contributed by atoms with Gasteiger partial charge in [0.2, 0.25) is 0 Å². The Kier molecular flexibility index (Phi) is 6.57. The normalized spacial score (nSPS) is 29.2. The summed E-state index contributed by atoms with van der Waals surface area (Å²) in [7, 11) is 4.24. The lowest BCUT2D eigenvalue weighted by atomic mass is 9.79. The summed E-state index contributed by atoms with van der Waals surface area (Å²) in [4.78, 5) is 4.77. The summed E-state index contributed by atoms with van der Waals surface area (Å²) in [6, 6.07) is 0.558. The number of aliphatic hydroxyl groups excluding tert-OH is 1. The molecule has 1 aliphatic carbocycles. The molecule has 0 heterocycles. The molecule has 4 nitrogen and oxygen atoms in total. The minimum Gasteiger partial charge on any atom is -0.394 e. The van der Waals surface area contributed by atoms with Gasteiger partial charge in [-0.1, -0.05) is 6.92 Å². The van der Waals surface area contributed by atoms with Gasteiger partial charge in [-0.3, -0.25) is 0 Å². The van der Waals surface area contributed by atoms with Crippen LogP contribution in [0.1, 0.15) is 39.0 Å². The molecule has 2 unspecified atom stereocenters. The van der Waals surface area contributed by atoms with Crippen LogP contribution in [0.3, 0.4) is 0 Å². The van der Waals surface area contributed by atoms with Gasteiger partial charge in [-0.15, -0.1) is 0 Å². The Balaban J connectivity index is 2.43. The molecular weight excluding hydrogens is 226 g/mol. The van der Waals surface area contributed by atoms with Crippen LogP contribution < -0.4 is 5.73 Å². The zero-order chi connectivity index (χ0) is 13.6. The van der Waals surface area contributed by atoms with E-state index in [2.05, 4.69) is 30.8 Å². The molecule has 0 aromatic rings. The standard InChI is InChI=1S/C14H31N3O/c1-4-17(10-6-9-16(2)3)13-7-5-8-14(15,11-13)12-18/h13,18H,4-12,15H2,1-3H3. The van der Waals surface area contributed by atoms with Crippen molar-refractivity contribution in [2.24, 2.45) is 5.73 Å². The first-order chi connectivity index (χ1) is 8.50. The molecule has 3 N–H and O–H groups in total. The topological polar surface area (TPSA) is 52.7 Å². The Morgan fingerprint density at radius 1 is 1.33 bits per heavy atom. The van der Waals surface area contributed by atoms with Crippen molar-refractivity contribution < 1.29 is 5.11 Å². The monoisotopic (exact) mass is 257 g/mol. The molecule has 0 radical (unpaired) electrons. The summed E-state index contributed by atoms with van der Waals surface area (Å²) in [5.74, 6) is 0. The lowest BCUT2D eigenvalue weighted by Crippen LogP contribution is -2.53. The van der Waals surface area contributed by atoms with E-state index in [1.165, 1.54) is 12.8 Å². The fraction of sp³-hybridized carbons (Fsp3) is 1.00. The number of hydrogen-bond donors (Lipinski definition) is 2. The Labute approximate surface area is 112 Å². The summed E-state index contributed by atoms with van der Waals surface area (Å²) in [5, 5.41) is 9.42. The summed E-state index contributed by atoms with van der Waals surface area (Å²) >= 11 is 0. The molecule has 0 bridgehead atoms. The quantitative estimate of drug-likeness (QED) is 0.711. The maximum Gasteiger partial charge on any atom is 0.0611 e. The smallest absolute Gasteiger partial charge is 0.0611 e. The molecule has 2 atom stereocenters. The minimum atomic E-state index is -0.335. The third kappa shape index (κ3) is 4.84. The predicted octanol–water partition coefficient (Wildman–Crippen LogP) is 0.892. The van der Waals surface area contributed by atoms with Crippen LogP contribution in [0.5, 0.6) is 0 Å². The van der Waals surface area contributed by atoms with E-state index in [1.54, 1.807) is 0 Å². The Hall–Kier alpha value is -0.160. The molecule has 1 aliphatic rings. The van der Waals surface area contributed by atoms with E-state index in [0.29, 0.717) is 6.04 Å². The van der Waals surface area contributed by atoms with E-state index < -0.39 is 0 Å². The average Bonchev–Trinajstić information content (AvgIpc) is 2.34. The largest absolute Gasteiger partial charge is 0.394 e. The summed E-state index contributed by atoms with van der Waals surface area (Å²) in [6.07, 6.45) is 5.49. The SMILES string of the molecule is CCN(CCCN(C)C)C1CCCC(N)(CO)C1. The predicted molar refractivity (Wildman–Crippen MR) is 76.7 cm³/mol. The fourth-order valence-corrected chi connectivity index (χ4v) is 3.01. The zero-order valence-corrected chi connectivity index (χ0v) is 12.4. The molecule has 1 saturated carbocycles. The maximum atomic E-state index is 9.42. The molecule has 108 valence electrons. The van der Waals surface area contributed by atoms with E-state index in [1.807, 2.05) is 0 Å². The van der Waals surface area contributed by atoms with Gasteiger partial charge in [-0.25, -0.2) is 0 Å². The first-order valence-corrected chi connectivity index (χ1v) is 7.29. The third-order valence-electron chi connectivity index (χ3n) is 4.14. The van der Waals surface area contributed by atoms with E-state index >= 15 is 0 Å². The highest BCUT2D eigenvalue weighted by atomic mass is 16.3. The van der Waals surface area contributed by atoms with Gasteiger partial charge in [0.15, 0.2) is 0 Å². The van der Waals surface area contributed by atoms with Crippen LogP contribution in [0.25, 0.3) is 0 Å². The highest BCUT2D eigenvalue weighted by Gasteiger charge is 2.34. The Morgan fingerprint density at radius 2 is 2.06 bits per heavy atom. The molecule has 1 rings (SSSR count). The van der Waals surface area contributed by atoms with Gasteiger partial charge in [-0.2, -0.15) is 0 Å². The molecule has 0 aromatic carbocycles. The Bertz CT molecular complexity index is 235.